The predicted octanol–water partition coefficient (Wildman–Crippen LogP) is 2.62. The number of fused-ring (bicyclic) bond motifs is 2. The molecule has 1 aromatic carbocycles. The van der Waals surface area contributed by atoms with Gasteiger partial charge in [0.25, 0.3) is 0 Å². The molecule has 0 aliphatic carbocycles. The minimum Gasteiger partial charge on any atom is -0.369 e. The second-order valence-electron chi connectivity index (χ2n) is 8.06. The molecule has 0 atom stereocenters. The molecular weight excluding hydrogens is 416 g/mol. The van der Waals surface area contributed by atoms with Crippen molar-refractivity contribution in [3.05, 3.63) is 61.3 Å². The summed E-state index contributed by atoms with van der Waals surface area (Å²) in [5.74, 6) is 0.505. The fraction of sp³-hybridized carbons (Fsp3) is 0.217. The Morgan fingerprint density at radius 3 is 2.55 bits per heavy atom. The van der Waals surface area contributed by atoms with Gasteiger partial charge in [-0.3, -0.25) is 9.97 Å². The highest BCUT2D eigenvalue weighted by molar-refractivity contribution is 5.81. The van der Waals surface area contributed by atoms with Crippen LogP contribution in [0.4, 0.5) is 17.3 Å². The third kappa shape index (κ3) is 3.80. The number of anilines is 3. The Morgan fingerprint density at radius 1 is 0.879 bits per heavy atom. The summed E-state index contributed by atoms with van der Waals surface area (Å²) in [5, 5.41) is 7.87. The van der Waals surface area contributed by atoms with Crippen LogP contribution in [0.5, 0.6) is 0 Å². The van der Waals surface area contributed by atoms with E-state index >= 15 is 0 Å². The first-order chi connectivity index (χ1) is 16.2. The van der Waals surface area contributed by atoms with Gasteiger partial charge >= 0.3 is 0 Å². The molecule has 1 aliphatic rings. The van der Waals surface area contributed by atoms with Gasteiger partial charge in [-0.2, -0.15) is 4.98 Å². The van der Waals surface area contributed by atoms with Gasteiger partial charge in [-0.25, -0.2) is 14.5 Å². The minimum absolute atomic E-state index is 0.505. The molecule has 6 rings (SSSR count). The number of hydrogen-bond acceptors (Lipinski definition) is 9. The van der Waals surface area contributed by atoms with E-state index in [-0.39, 0.29) is 0 Å². The van der Waals surface area contributed by atoms with Crippen molar-refractivity contribution in [3.63, 3.8) is 0 Å². The summed E-state index contributed by atoms with van der Waals surface area (Å²) >= 11 is 0. The first kappa shape index (κ1) is 19.5. The van der Waals surface area contributed by atoms with Gasteiger partial charge in [0, 0.05) is 74.1 Å². The van der Waals surface area contributed by atoms with E-state index in [4.69, 9.17) is 0 Å². The summed E-state index contributed by atoms with van der Waals surface area (Å²) in [6, 6.07) is 10.3. The smallest absolute Gasteiger partial charge is 0.247 e. The monoisotopic (exact) mass is 438 g/mol. The van der Waals surface area contributed by atoms with Crippen molar-refractivity contribution in [1.29, 1.82) is 0 Å². The van der Waals surface area contributed by atoms with E-state index in [0.29, 0.717) is 28.5 Å². The first-order valence-electron chi connectivity index (χ1n) is 10.8. The second kappa shape index (κ2) is 8.06. The zero-order valence-electron chi connectivity index (χ0n) is 18.1. The van der Waals surface area contributed by atoms with Gasteiger partial charge < -0.3 is 15.1 Å². The van der Waals surface area contributed by atoms with Crippen molar-refractivity contribution in [3.8, 4) is 11.3 Å². The molecule has 1 fully saturated rings. The molecule has 5 heterocycles. The number of hydrogen-bond donors (Lipinski definition) is 1. The third-order valence-electron chi connectivity index (χ3n) is 5.84. The molecule has 0 unspecified atom stereocenters. The van der Waals surface area contributed by atoms with Crippen molar-refractivity contribution in [1.82, 2.24) is 39.4 Å². The largest absolute Gasteiger partial charge is 0.369 e. The quantitative estimate of drug-likeness (QED) is 0.454. The molecule has 0 saturated carbocycles. The highest BCUT2D eigenvalue weighted by atomic mass is 15.4. The molecule has 4 aromatic heterocycles. The van der Waals surface area contributed by atoms with Crippen molar-refractivity contribution < 1.29 is 0 Å². The van der Waals surface area contributed by atoms with Crippen molar-refractivity contribution in [2.24, 2.45) is 0 Å². The number of rotatable bonds is 4. The molecule has 0 radical (unpaired) electrons. The Hall–Kier alpha value is -4.18. The average Bonchev–Trinajstić information content (AvgIpc) is 3.27. The van der Waals surface area contributed by atoms with E-state index in [1.54, 1.807) is 35.5 Å². The normalized spacial score (nSPS) is 14.8. The predicted molar refractivity (Wildman–Crippen MR) is 127 cm³/mol. The van der Waals surface area contributed by atoms with E-state index in [1.165, 1.54) is 5.69 Å². The zero-order chi connectivity index (χ0) is 22.2. The molecule has 33 heavy (non-hydrogen) atoms. The first-order valence-corrected chi connectivity index (χ1v) is 10.8. The van der Waals surface area contributed by atoms with Crippen LogP contribution in [0.2, 0.25) is 0 Å². The van der Waals surface area contributed by atoms with Crippen LogP contribution < -0.4 is 10.2 Å². The Labute approximate surface area is 190 Å². The highest BCUT2D eigenvalue weighted by Gasteiger charge is 2.15. The molecule has 10 heteroatoms. The van der Waals surface area contributed by atoms with E-state index in [9.17, 15) is 0 Å². The maximum atomic E-state index is 4.68. The van der Waals surface area contributed by atoms with Gasteiger partial charge in [0.15, 0.2) is 11.3 Å². The van der Waals surface area contributed by atoms with Gasteiger partial charge in [-0.05, 0) is 37.4 Å². The summed E-state index contributed by atoms with van der Waals surface area (Å²) in [5.41, 5.74) is 5.59. The van der Waals surface area contributed by atoms with Crippen molar-refractivity contribution in [2.45, 2.75) is 0 Å². The average molecular weight is 438 g/mol. The fourth-order valence-electron chi connectivity index (χ4n) is 4.01. The number of likely N-dealkylation sites (N-methyl/N-ethyl adjacent to an activating group) is 1. The van der Waals surface area contributed by atoms with Crippen molar-refractivity contribution in [2.75, 3.05) is 43.4 Å². The van der Waals surface area contributed by atoms with Crippen LogP contribution >= 0.6 is 0 Å². The molecule has 10 nitrogen and oxygen atoms in total. The van der Waals surface area contributed by atoms with Gasteiger partial charge in [0.1, 0.15) is 11.2 Å². The Bertz CT molecular complexity index is 1420. The van der Waals surface area contributed by atoms with E-state index in [0.717, 1.165) is 37.4 Å². The number of pyridine rings is 1. The van der Waals surface area contributed by atoms with Gasteiger partial charge in [-0.1, -0.05) is 0 Å². The van der Waals surface area contributed by atoms with Crippen LogP contribution in [-0.2, 0) is 0 Å². The van der Waals surface area contributed by atoms with Crippen LogP contribution in [-0.4, -0.2) is 72.7 Å². The number of benzene rings is 1. The van der Waals surface area contributed by atoms with E-state index in [2.05, 4.69) is 76.4 Å². The summed E-state index contributed by atoms with van der Waals surface area (Å²) in [7, 11) is 2.16. The van der Waals surface area contributed by atoms with Crippen LogP contribution in [0.3, 0.4) is 0 Å². The lowest BCUT2D eigenvalue weighted by atomic mass is 10.2. The van der Waals surface area contributed by atoms with E-state index in [1.807, 2.05) is 6.07 Å². The third-order valence-corrected chi connectivity index (χ3v) is 5.84. The lowest BCUT2D eigenvalue weighted by molar-refractivity contribution is 0.313. The number of nitrogens with zero attached hydrogens (tertiary/aromatic N) is 9. The van der Waals surface area contributed by atoms with Gasteiger partial charge in [0.2, 0.25) is 5.95 Å². The Kier molecular flexibility index (Phi) is 4.76. The maximum absolute atomic E-state index is 4.68. The molecule has 164 valence electrons. The lowest BCUT2D eigenvalue weighted by Crippen LogP contribution is -2.44. The summed E-state index contributed by atoms with van der Waals surface area (Å²) in [4.78, 5) is 26.9. The topological polar surface area (TPSA) is 100 Å². The summed E-state index contributed by atoms with van der Waals surface area (Å²) in [6.45, 7) is 4.26. The molecule has 1 N–H and O–H groups in total. The highest BCUT2D eigenvalue weighted by Crippen LogP contribution is 2.25. The SMILES string of the molecule is CN1CCN(c2ccc(Nc3nc4c(-c5cnc6nccnc6c5)nccn4n3)cc2)CC1. The summed E-state index contributed by atoms with van der Waals surface area (Å²) < 4.78 is 1.71. The maximum Gasteiger partial charge on any atom is 0.247 e. The van der Waals surface area contributed by atoms with Gasteiger partial charge in [0.05, 0.1) is 0 Å². The molecule has 1 saturated heterocycles. The Morgan fingerprint density at radius 2 is 1.70 bits per heavy atom. The van der Waals surface area contributed by atoms with Crippen LogP contribution in [0.15, 0.2) is 61.3 Å². The van der Waals surface area contributed by atoms with E-state index < -0.39 is 0 Å². The standard InChI is InChI=1S/C23H22N10/c1-31-10-12-32(13-11-31)18-4-2-17(3-5-18)28-23-29-22-20(25-8-9-33(22)30-23)16-14-19-21(27-15-16)26-7-6-24-19/h2-9,14-15H,10-13H2,1H3,(H,28,30). The van der Waals surface area contributed by atoms with Crippen LogP contribution in [0, 0.1) is 0 Å². The molecule has 5 aromatic rings. The second-order valence-corrected chi connectivity index (χ2v) is 8.06. The Balaban J connectivity index is 1.26. The minimum atomic E-state index is 0.505. The molecular formula is C23H22N10. The molecule has 0 spiro atoms. The zero-order valence-corrected chi connectivity index (χ0v) is 18.1. The molecule has 0 amide bonds. The van der Waals surface area contributed by atoms with Crippen LogP contribution in [0.25, 0.3) is 28.1 Å². The number of nitrogens with one attached hydrogen (secondary N) is 1. The molecule has 0 bridgehead atoms. The lowest BCUT2D eigenvalue weighted by Gasteiger charge is -2.34. The number of piperazine rings is 1. The van der Waals surface area contributed by atoms with Gasteiger partial charge in [-0.15, -0.1) is 5.10 Å². The summed E-state index contributed by atoms with van der Waals surface area (Å²) in [6.07, 6.45) is 8.49. The molecule has 1 aliphatic heterocycles. The van der Waals surface area contributed by atoms with Crippen molar-refractivity contribution >= 4 is 34.1 Å². The number of aromatic nitrogens is 7. The van der Waals surface area contributed by atoms with Crippen LogP contribution in [0.1, 0.15) is 0 Å². The fourth-order valence-corrected chi connectivity index (χ4v) is 4.01.